The Kier molecular flexibility index (Phi) is 9.21. The molecule has 7 N–H and O–H groups in total. The third-order valence-corrected chi connectivity index (χ3v) is 11.0. The van der Waals surface area contributed by atoms with Crippen LogP contribution in [-0.4, -0.2) is 92.0 Å². The number of nitrogens with zero attached hydrogens (tertiary/aromatic N) is 6. The van der Waals surface area contributed by atoms with E-state index in [0.29, 0.717) is 5.39 Å². The molecule has 3 aliphatic heterocycles. The van der Waals surface area contributed by atoms with Crippen molar-refractivity contribution < 1.29 is 80.0 Å². The number of nitrogens with one attached hydrogen (secondary N) is 1. The molecular weight excluding hydrogens is 844 g/mol. The number of nitrogens with two attached hydrogens (primary N) is 2. The van der Waals surface area contributed by atoms with E-state index in [2.05, 4.69) is 37.2 Å². The molecule has 8 atom stereocenters. The van der Waals surface area contributed by atoms with Crippen molar-refractivity contribution in [3.05, 3.63) is 41.0 Å². The number of imidazole rings is 1. The number of hydrogen-bond acceptors (Lipinski definition) is 17. The number of aliphatic hydroxyl groups is 1. The van der Waals surface area contributed by atoms with E-state index >= 15 is 0 Å². The molecular formula is C22H22F3IN9O11P2S-. The summed E-state index contributed by atoms with van der Waals surface area (Å²) in [6, 6.07) is 1.55. The van der Waals surface area contributed by atoms with E-state index < -0.39 is 102 Å². The molecule has 4 aromatic heterocycles. The van der Waals surface area contributed by atoms with Crippen LogP contribution in [0.3, 0.4) is 0 Å². The van der Waals surface area contributed by atoms with Gasteiger partial charge in [-0.3, -0.25) is 0 Å². The number of phosphoric acid groups is 1. The Balaban J connectivity index is 1.23. The van der Waals surface area contributed by atoms with Gasteiger partial charge in [-0.05, 0) is 6.07 Å². The quantitative estimate of drug-likeness (QED) is 0.0602. The number of hydrogen-bond donors (Lipinski definition) is 6. The Morgan fingerprint density at radius 1 is 1.20 bits per heavy atom. The van der Waals surface area contributed by atoms with Crippen molar-refractivity contribution in [1.29, 1.82) is 0 Å². The second kappa shape index (κ2) is 13.0. The molecule has 0 amide bonds. The van der Waals surface area contributed by atoms with Crippen LogP contribution in [0.15, 0.2) is 35.5 Å². The van der Waals surface area contributed by atoms with Crippen molar-refractivity contribution in [2.24, 2.45) is 0 Å². The van der Waals surface area contributed by atoms with Crippen LogP contribution in [0.5, 0.6) is 0 Å². The number of anilines is 2. The van der Waals surface area contributed by atoms with Gasteiger partial charge in [0, 0.05) is 0 Å². The summed E-state index contributed by atoms with van der Waals surface area (Å²) in [5, 5.41) is 11.6. The number of phosphoric ester groups is 1. The Morgan fingerprint density at radius 3 is 2.78 bits per heavy atom. The van der Waals surface area contributed by atoms with E-state index in [4.69, 9.17) is 42.1 Å². The number of halogens is 4. The van der Waals surface area contributed by atoms with E-state index in [1.165, 1.54) is 21.7 Å². The van der Waals surface area contributed by atoms with E-state index in [-0.39, 0.29) is 34.5 Å². The maximum absolute atomic E-state index is 13.4. The third kappa shape index (κ3) is 6.81. The van der Waals surface area contributed by atoms with Crippen molar-refractivity contribution in [1.82, 2.24) is 34.1 Å². The minimum absolute atomic E-state index is 0.117. The van der Waals surface area contributed by atoms with Crippen LogP contribution < -0.4 is 38.6 Å². The molecule has 3 aliphatic rings. The third-order valence-electron chi connectivity index (χ3n) is 7.28. The average Bonchev–Trinajstić information content (AvgIpc) is 3.78. The monoisotopic (exact) mass is 866 g/mol. The first-order chi connectivity index (χ1) is 23.2. The number of aliphatic hydroxyl groups excluding tert-OH is 1. The zero-order valence-electron chi connectivity index (χ0n) is 23.9. The van der Waals surface area contributed by atoms with Crippen molar-refractivity contribution in [3.63, 3.8) is 0 Å². The van der Waals surface area contributed by atoms with Crippen LogP contribution in [0.2, 0.25) is 0 Å². The first kappa shape index (κ1) is 34.6. The molecule has 49 heavy (non-hydrogen) atoms. The first-order valence-corrected chi connectivity index (χ1v) is 19.4. The summed E-state index contributed by atoms with van der Waals surface area (Å²) >= 11 is 1.40. The zero-order valence-corrected chi connectivity index (χ0v) is 28.8. The Morgan fingerprint density at radius 2 is 2.00 bits per heavy atom. The molecule has 20 nitrogen and oxygen atoms in total. The van der Waals surface area contributed by atoms with E-state index in [0.717, 1.165) is 6.33 Å². The van der Waals surface area contributed by atoms with E-state index in [1.54, 1.807) is 6.07 Å². The van der Waals surface area contributed by atoms with Crippen molar-refractivity contribution in [2.45, 2.75) is 40.9 Å². The summed E-state index contributed by atoms with van der Waals surface area (Å²) in [4.78, 5) is 41.6. The van der Waals surface area contributed by atoms with Crippen LogP contribution in [0, 0.1) is 0 Å². The Labute approximate surface area is 287 Å². The first-order valence-electron chi connectivity index (χ1n) is 13.6. The van der Waals surface area contributed by atoms with Crippen molar-refractivity contribution in [2.75, 3.05) is 24.7 Å². The summed E-state index contributed by atoms with van der Waals surface area (Å²) in [5.74, 6) is -1.05. The number of alkyl halides is 4. The summed E-state index contributed by atoms with van der Waals surface area (Å²) in [6.45, 7) is -1.38. The van der Waals surface area contributed by atoms with Crippen molar-refractivity contribution >= 4 is 67.5 Å². The Bertz CT molecular complexity index is 2050. The second-order valence-corrected chi connectivity index (χ2v) is 15.8. The average molecular weight is 866 g/mol. The standard InChI is InChI=1S/C22H22F3IN9O11P2S/c23-22(24,25)26-44-13-9-4-41-48(38,39)46-12-8(42-19(11(12)36)34-2-1-7-15(27)29-5-30-16(7)34)3-40-47(49)45-14(13)20(43-9)35-6-31-10-17(35)32-21(28)33-18(10)37/h1-2,5-6,8-9,12-14,20,36,49H,3-4H2,(H,38,39)(H2,27,29,30)(H3,28,32,33,37)/q-1/t8-,9-,12?,13?,14?,20-,47?/m1/s1. The van der Waals surface area contributed by atoms with Gasteiger partial charge in [0.1, 0.15) is 12.1 Å². The van der Waals surface area contributed by atoms with Crippen LogP contribution in [0.4, 0.5) is 24.9 Å². The molecule has 4 aromatic rings. The van der Waals surface area contributed by atoms with Crippen molar-refractivity contribution in [3.8, 4) is 0 Å². The number of nitrogen functional groups attached to an aromatic ring is 2. The van der Waals surface area contributed by atoms with Gasteiger partial charge in [0.15, 0.2) is 0 Å². The fourth-order valence-electron chi connectivity index (χ4n) is 5.25. The van der Waals surface area contributed by atoms with Crippen LogP contribution in [0.1, 0.15) is 6.23 Å². The zero-order chi connectivity index (χ0) is 34.8. The molecule has 0 spiro atoms. The van der Waals surface area contributed by atoms with E-state index in [1.807, 2.05) is 0 Å². The summed E-state index contributed by atoms with van der Waals surface area (Å²) in [6.07, 6.45) is -5.22. The number of fused-ring (bicyclic) bond motifs is 5. The van der Waals surface area contributed by atoms with Gasteiger partial charge < -0.3 is 5.73 Å². The fourth-order valence-corrected chi connectivity index (χ4v) is 8.66. The topological polar surface area (TPSA) is 268 Å². The predicted octanol–water partition coefficient (Wildman–Crippen LogP) is -1.31. The van der Waals surface area contributed by atoms with Gasteiger partial charge >= 0.3 is 249 Å². The number of aromatic nitrogens is 7. The SMILES string of the molecule is Nc1nc2c(ncn2[C@@H]2O[C@@H]3COP(=O)(O)OC4C(O)=C(n5ccc6c(N)ncnc65)O[C@@H]4COP(S)OC2C3O[I-]C(F)(F)F)c(=O)[nH]1. The van der Waals surface area contributed by atoms with Gasteiger partial charge in [0.05, 0.1) is 5.39 Å². The molecule has 5 unspecified atom stereocenters. The molecule has 266 valence electrons. The molecule has 2 saturated heterocycles. The van der Waals surface area contributed by atoms with Gasteiger partial charge in [-0.15, -0.1) is 0 Å². The van der Waals surface area contributed by atoms with Crippen LogP contribution >= 0.6 is 27.6 Å². The summed E-state index contributed by atoms with van der Waals surface area (Å²) in [5.41, 5.74) is 10.8. The molecule has 0 saturated carbocycles. The molecule has 27 heteroatoms. The predicted molar refractivity (Wildman–Crippen MR) is 157 cm³/mol. The molecule has 0 aromatic carbocycles. The molecule has 2 bridgehead atoms. The number of aromatic amines is 1. The normalized spacial score (nSPS) is 31.4. The molecule has 7 rings (SSSR count). The van der Waals surface area contributed by atoms with Gasteiger partial charge in [0.2, 0.25) is 0 Å². The molecule has 0 aliphatic carbocycles. The number of rotatable bonds is 4. The number of thiol groups is 1. The Hall–Kier alpha value is -2.84. The van der Waals surface area contributed by atoms with Gasteiger partial charge in [-0.25, -0.2) is 9.97 Å². The van der Waals surface area contributed by atoms with Gasteiger partial charge in [-0.2, -0.15) is 0 Å². The number of H-pyrrole nitrogens is 1. The molecule has 0 radical (unpaired) electrons. The number of ether oxygens (including phenoxy) is 2. The van der Waals surface area contributed by atoms with Crippen LogP contribution in [0.25, 0.3) is 28.1 Å². The van der Waals surface area contributed by atoms with Gasteiger partial charge in [-0.1, -0.05) is 0 Å². The fraction of sp³-hybridized carbons (Fsp3) is 0.409. The summed E-state index contributed by atoms with van der Waals surface area (Å²) in [7, 11) is -7.48. The van der Waals surface area contributed by atoms with Crippen LogP contribution in [-0.2, 0) is 35.2 Å². The van der Waals surface area contributed by atoms with E-state index in [9.17, 15) is 32.5 Å². The van der Waals surface area contributed by atoms with Gasteiger partial charge in [0.25, 0.3) is 0 Å². The molecule has 7 heterocycles. The minimum atomic E-state index is -5.16. The molecule has 2 fully saturated rings. The second-order valence-electron chi connectivity index (χ2n) is 10.3. The summed E-state index contributed by atoms with van der Waals surface area (Å²) < 4.78 is 90.6. The maximum atomic E-state index is 13.4.